The van der Waals surface area contributed by atoms with Crippen molar-refractivity contribution in [1.29, 1.82) is 0 Å². The summed E-state index contributed by atoms with van der Waals surface area (Å²) in [5.74, 6) is 2.01. The number of piperidine rings is 2. The van der Waals surface area contributed by atoms with E-state index in [1.165, 1.54) is 64.5 Å². The fourth-order valence-corrected chi connectivity index (χ4v) is 4.44. The Kier molecular flexibility index (Phi) is 4.48. The highest BCUT2D eigenvalue weighted by atomic mass is 15.2. The van der Waals surface area contributed by atoms with Gasteiger partial charge in [-0.1, -0.05) is 20.3 Å². The highest BCUT2D eigenvalue weighted by Gasteiger charge is 2.40. The van der Waals surface area contributed by atoms with Gasteiger partial charge in [0.15, 0.2) is 0 Å². The van der Waals surface area contributed by atoms with Crippen molar-refractivity contribution in [2.75, 3.05) is 13.1 Å². The van der Waals surface area contributed by atoms with E-state index in [-0.39, 0.29) is 0 Å². The number of fused-ring (bicyclic) bond motifs is 2. The van der Waals surface area contributed by atoms with Gasteiger partial charge in [-0.25, -0.2) is 0 Å². The molecule has 0 aromatic rings. The van der Waals surface area contributed by atoms with Gasteiger partial charge in [-0.2, -0.15) is 0 Å². The highest BCUT2D eigenvalue weighted by molar-refractivity contribution is 4.96. The van der Waals surface area contributed by atoms with Gasteiger partial charge in [-0.15, -0.1) is 0 Å². The Morgan fingerprint density at radius 3 is 2.37 bits per heavy atom. The van der Waals surface area contributed by atoms with E-state index in [4.69, 9.17) is 0 Å². The van der Waals surface area contributed by atoms with Crippen LogP contribution in [0.2, 0.25) is 0 Å². The smallest absolute Gasteiger partial charge is 0.0113 e. The van der Waals surface area contributed by atoms with Crippen molar-refractivity contribution in [3.05, 3.63) is 0 Å². The lowest BCUT2D eigenvalue weighted by atomic mass is 9.81. The molecule has 1 saturated carbocycles. The van der Waals surface area contributed by atoms with E-state index in [9.17, 15) is 0 Å². The minimum atomic E-state index is 0.808. The molecule has 19 heavy (non-hydrogen) atoms. The summed E-state index contributed by atoms with van der Waals surface area (Å²) in [7, 11) is 0. The van der Waals surface area contributed by atoms with E-state index < -0.39 is 0 Å². The van der Waals surface area contributed by atoms with Crippen LogP contribution in [0.15, 0.2) is 0 Å². The Bertz CT molecular complexity index is 273. The number of hydrogen-bond donors (Lipinski definition) is 1. The lowest BCUT2D eigenvalue weighted by Gasteiger charge is -2.50. The van der Waals surface area contributed by atoms with Gasteiger partial charge in [-0.3, -0.25) is 4.90 Å². The number of nitrogens with zero attached hydrogens (tertiary/aromatic N) is 1. The topological polar surface area (TPSA) is 15.3 Å². The van der Waals surface area contributed by atoms with Crippen molar-refractivity contribution < 1.29 is 0 Å². The van der Waals surface area contributed by atoms with Gasteiger partial charge < -0.3 is 5.32 Å². The van der Waals surface area contributed by atoms with E-state index in [1.807, 2.05) is 0 Å². The van der Waals surface area contributed by atoms with Crippen LogP contribution in [0.4, 0.5) is 0 Å². The molecule has 2 aliphatic heterocycles. The molecule has 3 unspecified atom stereocenters. The number of nitrogens with one attached hydrogen (secondary N) is 1. The van der Waals surface area contributed by atoms with E-state index in [0.29, 0.717) is 0 Å². The Morgan fingerprint density at radius 2 is 1.79 bits per heavy atom. The first-order valence-electron chi connectivity index (χ1n) is 8.77. The lowest BCUT2D eigenvalue weighted by Crippen LogP contribution is -2.57. The average Bonchev–Trinajstić information content (AvgIpc) is 3.20. The minimum Gasteiger partial charge on any atom is -0.314 e. The van der Waals surface area contributed by atoms with Crippen LogP contribution in [-0.2, 0) is 0 Å². The van der Waals surface area contributed by atoms with Crippen molar-refractivity contribution in [3.63, 3.8) is 0 Å². The van der Waals surface area contributed by atoms with Gasteiger partial charge in [0.1, 0.15) is 0 Å². The Labute approximate surface area is 119 Å². The zero-order chi connectivity index (χ0) is 13.2. The summed E-state index contributed by atoms with van der Waals surface area (Å²) >= 11 is 0. The standard InChI is InChI=1S/C17H32N2/c1-3-9-18-15-10-16-5-4-6-17(11-15)19(16)12-13(2)14-7-8-14/h13-18H,3-12H2,1-2H3. The third-order valence-electron chi connectivity index (χ3n) is 5.73. The van der Waals surface area contributed by atoms with Crippen LogP contribution in [0.25, 0.3) is 0 Å². The van der Waals surface area contributed by atoms with E-state index >= 15 is 0 Å². The molecule has 110 valence electrons. The van der Waals surface area contributed by atoms with E-state index in [0.717, 1.165) is 30.0 Å². The molecule has 2 bridgehead atoms. The lowest BCUT2D eigenvalue weighted by molar-refractivity contribution is 0.0118. The van der Waals surface area contributed by atoms with Crippen LogP contribution < -0.4 is 5.32 Å². The quantitative estimate of drug-likeness (QED) is 0.791. The molecule has 0 aromatic carbocycles. The van der Waals surface area contributed by atoms with Gasteiger partial charge >= 0.3 is 0 Å². The average molecular weight is 264 g/mol. The monoisotopic (exact) mass is 264 g/mol. The first kappa shape index (κ1) is 13.9. The molecule has 0 amide bonds. The van der Waals surface area contributed by atoms with Crippen molar-refractivity contribution in [2.24, 2.45) is 11.8 Å². The number of rotatable bonds is 6. The third-order valence-corrected chi connectivity index (χ3v) is 5.73. The SMILES string of the molecule is CCCNC1CC2CCCC(C1)N2CC(C)C1CC1. The maximum atomic E-state index is 3.78. The zero-order valence-corrected chi connectivity index (χ0v) is 12.9. The molecule has 0 aromatic heterocycles. The molecule has 2 heteroatoms. The van der Waals surface area contributed by atoms with Crippen LogP contribution >= 0.6 is 0 Å². The predicted octanol–water partition coefficient (Wildman–Crippen LogP) is 3.42. The summed E-state index contributed by atoms with van der Waals surface area (Å²) in [6.45, 7) is 7.37. The molecular weight excluding hydrogens is 232 g/mol. The van der Waals surface area contributed by atoms with Crippen LogP contribution in [0.1, 0.15) is 65.2 Å². The maximum absolute atomic E-state index is 3.78. The zero-order valence-electron chi connectivity index (χ0n) is 12.9. The summed E-state index contributed by atoms with van der Waals surface area (Å²) in [6, 6.07) is 2.59. The minimum absolute atomic E-state index is 0.808. The fraction of sp³-hybridized carbons (Fsp3) is 1.00. The number of hydrogen-bond acceptors (Lipinski definition) is 2. The van der Waals surface area contributed by atoms with Crippen LogP contribution in [-0.4, -0.2) is 36.1 Å². The molecule has 1 aliphatic carbocycles. The van der Waals surface area contributed by atoms with Gasteiger partial charge in [0.25, 0.3) is 0 Å². The summed E-state index contributed by atoms with van der Waals surface area (Å²) in [6.07, 6.45) is 11.5. The Balaban J connectivity index is 1.56. The van der Waals surface area contributed by atoms with Crippen LogP contribution in [0.3, 0.4) is 0 Å². The van der Waals surface area contributed by atoms with Crippen LogP contribution in [0.5, 0.6) is 0 Å². The third kappa shape index (κ3) is 3.33. The first-order valence-corrected chi connectivity index (χ1v) is 8.77. The van der Waals surface area contributed by atoms with Crippen LogP contribution in [0, 0.1) is 11.8 Å². The van der Waals surface area contributed by atoms with Gasteiger partial charge in [0, 0.05) is 24.7 Å². The molecular formula is C17H32N2. The second-order valence-electron chi connectivity index (χ2n) is 7.37. The molecule has 3 atom stereocenters. The summed E-state index contributed by atoms with van der Waals surface area (Å²) < 4.78 is 0. The molecule has 1 N–H and O–H groups in total. The Hall–Kier alpha value is -0.0800. The molecule has 2 saturated heterocycles. The van der Waals surface area contributed by atoms with E-state index in [1.54, 1.807) is 0 Å². The second-order valence-corrected chi connectivity index (χ2v) is 7.37. The maximum Gasteiger partial charge on any atom is 0.0113 e. The Morgan fingerprint density at radius 1 is 1.11 bits per heavy atom. The molecule has 0 spiro atoms. The largest absolute Gasteiger partial charge is 0.314 e. The van der Waals surface area contributed by atoms with Gasteiger partial charge in [0.05, 0.1) is 0 Å². The molecule has 2 heterocycles. The molecule has 0 radical (unpaired) electrons. The summed E-state index contributed by atoms with van der Waals surface area (Å²) in [4.78, 5) is 2.91. The normalized spacial score (nSPS) is 37.3. The molecule has 3 rings (SSSR count). The van der Waals surface area contributed by atoms with Crippen molar-refractivity contribution >= 4 is 0 Å². The summed E-state index contributed by atoms with van der Waals surface area (Å²) in [5, 5.41) is 3.78. The fourth-order valence-electron chi connectivity index (χ4n) is 4.44. The van der Waals surface area contributed by atoms with Gasteiger partial charge in [0.2, 0.25) is 0 Å². The highest BCUT2D eigenvalue weighted by Crippen LogP contribution is 2.40. The van der Waals surface area contributed by atoms with E-state index in [2.05, 4.69) is 24.1 Å². The van der Waals surface area contributed by atoms with Crippen molar-refractivity contribution in [1.82, 2.24) is 10.2 Å². The first-order chi connectivity index (χ1) is 9.28. The predicted molar refractivity (Wildman–Crippen MR) is 81.3 cm³/mol. The van der Waals surface area contributed by atoms with Crippen molar-refractivity contribution in [3.8, 4) is 0 Å². The summed E-state index contributed by atoms with van der Waals surface area (Å²) in [5.41, 5.74) is 0. The molecule has 2 nitrogen and oxygen atoms in total. The second kappa shape index (κ2) is 6.13. The molecule has 3 fully saturated rings. The van der Waals surface area contributed by atoms with Crippen molar-refractivity contribution in [2.45, 2.75) is 83.3 Å². The van der Waals surface area contributed by atoms with Gasteiger partial charge in [-0.05, 0) is 63.3 Å². The molecule has 3 aliphatic rings.